The SMILES string of the molecule is CCCNc1nc(CN(C)C2CC2)nc2c1cnn2C. The van der Waals surface area contributed by atoms with Crippen molar-refractivity contribution in [3.63, 3.8) is 0 Å². The Balaban J connectivity index is 1.92. The lowest BCUT2D eigenvalue weighted by Crippen LogP contribution is -2.22. The molecular weight excluding hydrogens is 252 g/mol. The van der Waals surface area contributed by atoms with E-state index in [0.717, 1.165) is 42.2 Å². The maximum absolute atomic E-state index is 4.68. The Labute approximate surface area is 119 Å². The summed E-state index contributed by atoms with van der Waals surface area (Å²) in [6.07, 6.45) is 5.50. The van der Waals surface area contributed by atoms with Crippen LogP contribution in [0, 0.1) is 0 Å². The standard InChI is InChI=1S/C14H22N6/c1-4-7-15-13-11-8-16-20(3)14(11)18-12(17-13)9-19(2)10-5-6-10/h8,10H,4-7,9H2,1-3H3,(H,15,17,18). The summed E-state index contributed by atoms with van der Waals surface area (Å²) in [5, 5.41) is 8.68. The van der Waals surface area contributed by atoms with Gasteiger partial charge in [0.2, 0.25) is 0 Å². The Bertz CT molecular complexity index is 601. The molecule has 0 saturated heterocycles. The van der Waals surface area contributed by atoms with Gasteiger partial charge in [0.1, 0.15) is 11.6 Å². The Morgan fingerprint density at radius 1 is 1.40 bits per heavy atom. The first-order valence-corrected chi connectivity index (χ1v) is 7.31. The summed E-state index contributed by atoms with van der Waals surface area (Å²) in [6, 6.07) is 0.716. The van der Waals surface area contributed by atoms with Gasteiger partial charge in [-0.15, -0.1) is 0 Å². The lowest BCUT2D eigenvalue weighted by Gasteiger charge is -2.15. The Hall–Kier alpha value is -1.69. The zero-order valence-electron chi connectivity index (χ0n) is 12.4. The number of hydrogen-bond acceptors (Lipinski definition) is 5. The van der Waals surface area contributed by atoms with Crippen LogP contribution in [-0.2, 0) is 13.6 Å². The minimum absolute atomic E-state index is 0.716. The molecular formula is C14H22N6. The molecule has 0 amide bonds. The van der Waals surface area contributed by atoms with Crippen molar-refractivity contribution in [3.05, 3.63) is 12.0 Å². The molecule has 1 saturated carbocycles. The molecule has 1 aliphatic rings. The van der Waals surface area contributed by atoms with E-state index in [2.05, 4.69) is 39.3 Å². The molecule has 1 fully saturated rings. The zero-order valence-corrected chi connectivity index (χ0v) is 12.4. The Morgan fingerprint density at radius 2 is 2.20 bits per heavy atom. The fourth-order valence-electron chi connectivity index (χ4n) is 2.38. The molecule has 6 heteroatoms. The number of nitrogens with zero attached hydrogens (tertiary/aromatic N) is 5. The molecule has 0 atom stereocenters. The van der Waals surface area contributed by atoms with Gasteiger partial charge >= 0.3 is 0 Å². The summed E-state index contributed by atoms with van der Waals surface area (Å²) < 4.78 is 1.81. The maximum Gasteiger partial charge on any atom is 0.163 e. The summed E-state index contributed by atoms with van der Waals surface area (Å²) in [5.41, 5.74) is 0.901. The van der Waals surface area contributed by atoms with E-state index in [0.29, 0.717) is 6.04 Å². The highest BCUT2D eigenvalue weighted by Crippen LogP contribution is 2.27. The summed E-state index contributed by atoms with van der Waals surface area (Å²) in [5.74, 6) is 1.78. The topological polar surface area (TPSA) is 58.9 Å². The first kappa shape index (κ1) is 13.3. The number of anilines is 1. The van der Waals surface area contributed by atoms with Crippen LogP contribution in [-0.4, -0.2) is 44.3 Å². The van der Waals surface area contributed by atoms with Crippen LogP contribution in [0.5, 0.6) is 0 Å². The third-order valence-corrected chi connectivity index (χ3v) is 3.74. The quantitative estimate of drug-likeness (QED) is 0.870. The predicted molar refractivity (Wildman–Crippen MR) is 79.6 cm³/mol. The first-order chi connectivity index (χ1) is 9.69. The van der Waals surface area contributed by atoms with Gasteiger partial charge in [-0.25, -0.2) is 9.97 Å². The number of aryl methyl sites for hydroxylation is 1. The second kappa shape index (κ2) is 5.36. The minimum Gasteiger partial charge on any atom is -0.369 e. The summed E-state index contributed by atoms with van der Waals surface area (Å²) in [6.45, 7) is 3.86. The maximum atomic E-state index is 4.68. The average molecular weight is 274 g/mol. The van der Waals surface area contributed by atoms with Gasteiger partial charge in [-0.1, -0.05) is 6.92 Å². The average Bonchev–Trinajstić information content (AvgIpc) is 3.22. The van der Waals surface area contributed by atoms with Crippen LogP contribution in [0.4, 0.5) is 5.82 Å². The van der Waals surface area contributed by atoms with E-state index >= 15 is 0 Å². The number of hydrogen-bond donors (Lipinski definition) is 1. The second-order valence-corrected chi connectivity index (χ2v) is 5.57. The summed E-state index contributed by atoms with van der Waals surface area (Å²) in [4.78, 5) is 11.7. The van der Waals surface area contributed by atoms with Crippen LogP contribution in [0.2, 0.25) is 0 Å². The van der Waals surface area contributed by atoms with Gasteiger partial charge in [0, 0.05) is 19.6 Å². The summed E-state index contributed by atoms with van der Waals surface area (Å²) >= 11 is 0. The van der Waals surface area contributed by atoms with E-state index in [9.17, 15) is 0 Å². The zero-order chi connectivity index (χ0) is 14.1. The van der Waals surface area contributed by atoms with Crippen LogP contribution >= 0.6 is 0 Å². The van der Waals surface area contributed by atoms with Gasteiger partial charge in [-0.3, -0.25) is 9.58 Å². The molecule has 108 valence electrons. The van der Waals surface area contributed by atoms with Gasteiger partial charge in [-0.05, 0) is 26.3 Å². The van der Waals surface area contributed by atoms with Crippen LogP contribution < -0.4 is 5.32 Å². The van der Waals surface area contributed by atoms with Crippen molar-refractivity contribution in [1.82, 2.24) is 24.6 Å². The smallest absolute Gasteiger partial charge is 0.163 e. The molecule has 1 N–H and O–H groups in total. The highest BCUT2D eigenvalue weighted by molar-refractivity contribution is 5.86. The van der Waals surface area contributed by atoms with Gasteiger partial charge < -0.3 is 5.32 Å². The monoisotopic (exact) mass is 274 g/mol. The molecule has 1 aliphatic carbocycles. The van der Waals surface area contributed by atoms with E-state index < -0.39 is 0 Å². The fraction of sp³-hybridized carbons (Fsp3) is 0.643. The van der Waals surface area contributed by atoms with Gasteiger partial charge in [0.25, 0.3) is 0 Å². The normalized spacial score (nSPS) is 15.2. The van der Waals surface area contributed by atoms with E-state index in [1.54, 1.807) is 0 Å². The van der Waals surface area contributed by atoms with Crippen LogP contribution in [0.1, 0.15) is 32.0 Å². The third-order valence-electron chi connectivity index (χ3n) is 3.74. The lowest BCUT2D eigenvalue weighted by atomic mass is 10.3. The molecule has 2 aromatic rings. The Kier molecular flexibility index (Phi) is 3.56. The highest BCUT2D eigenvalue weighted by Gasteiger charge is 2.26. The van der Waals surface area contributed by atoms with Crippen molar-refractivity contribution >= 4 is 16.9 Å². The van der Waals surface area contributed by atoms with Gasteiger partial charge in [0.15, 0.2) is 5.65 Å². The number of rotatable bonds is 6. The fourth-order valence-corrected chi connectivity index (χ4v) is 2.38. The largest absolute Gasteiger partial charge is 0.369 e. The molecule has 2 aromatic heterocycles. The highest BCUT2D eigenvalue weighted by atomic mass is 15.3. The predicted octanol–water partition coefficient (Wildman–Crippen LogP) is 1.78. The van der Waals surface area contributed by atoms with Gasteiger partial charge in [-0.2, -0.15) is 5.10 Å². The second-order valence-electron chi connectivity index (χ2n) is 5.57. The molecule has 20 heavy (non-hydrogen) atoms. The number of nitrogens with one attached hydrogen (secondary N) is 1. The van der Waals surface area contributed by atoms with Crippen molar-refractivity contribution < 1.29 is 0 Å². The van der Waals surface area contributed by atoms with Crippen LogP contribution in [0.25, 0.3) is 11.0 Å². The first-order valence-electron chi connectivity index (χ1n) is 7.31. The van der Waals surface area contributed by atoms with Crippen molar-refractivity contribution in [1.29, 1.82) is 0 Å². The van der Waals surface area contributed by atoms with Gasteiger partial charge in [0.05, 0.1) is 18.1 Å². The van der Waals surface area contributed by atoms with Crippen molar-refractivity contribution in [3.8, 4) is 0 Å². The van der Waals surface area contributed by atoms with E-state index in [-0.39, 0.29) is 0 Å². The van der Waals surface area contributed by atoms with E-state index in [1.165, 1.54) is 12.8 Å². The molecule has 3 rings (SSSR count). The molecule has 2 heterocycles. The minimum atomic E-state index is 0.716. The molecule has 0 spiro atoms. The molecule has 0 unspecified atom stereocenters. The number of fused-ring (bicyclic) bond motifs is 1. The third kappa shape index (κ3) is 2.60. The van der Waals surface area contributed by atoms with Crippen molar-refractivity contribution in [2.45, 2.75) is 38.8 Å². The molecule has 0 aromatic carbocycles. The van der Waals surface area contributed by atoms with Crippen LogP contribution in [0.3, 0.4) is 0 Å². The van der Waals surface area contributed by atoms with Crippen LogP contribution in [0.15, 0.2) is 6.20 Å². The number of aromatic nitrogens is 4. The molecule has 6 nitrogen and oxygen atoms in total. The van der Waals surface area contributed by atoms with Crippen molar-refractivity contribution in [2.75, 3.05) is 18.9 Å². The molecule has 0 radical (unpaired) electrons. The van der Waals surface area contributed by atoms with E-state index in [4.69, 9.17) is 0 Å². The molecule has 0 aliphatic heterocycles. The van der Waals surface area contributed by atoms with E-state index in [1.807, 2.05) is 17.9 Å². The van der Waals surface area contributed by atoms with Crippen molar-refractivity contribution in [2.24, 2.45) is 7.05 Å². The lowest BCUT2D eigenvalue weighted by molar-refractivity contribution is 0.308. The molecule has 0 bridgehead atoms. The summed E-state index contributed by atoms with van der Waals surface area (Å²) in [7, 11) is 4.07. The Morgan fingerprint density at radius 3 is 2.90 bits per heavy atom.